The molecule has 0 saturated carbocycles. The van der Waals surface area contributed by atoms with Crippen LogP contribution in [-0.4, -0.2) is 35.1 Å². The van der Waals surface area contributed by atoms with E-state index in [-0.39, 0.29) is 13.1 Å². The maximum atomic E-state index is 13.3. The lowest BCUT2D eigenvalue weighted by molar-refractivity contribution is -0.137. The van der Waals surface area contributed by atoms with Gasteiger partial charge in [-0.15, -0.1) is 0 Å². The second-order valence-corrected chi connectivity index (χ2v) is 4.07. The second-order valence-electron chi connectivity index (χ2n) is 4.07. The van der Waals surface area contributed by atoms with E-state index >= 15 is 0 Å². The Labute approximate surface area is 111 Å². The first-order valence-electron chi connectivity index (χ1n) is 6.02. The number of carbonyl (C=O) groups is 2. The van der Waals surface area contributed by atoms with E-state index in [0.717, 1.165) is 0 Å². The van der Waals surface area contributed by atoms with Gasteiger partial charge in [0.2, 0.25) is 0 Å². The van der Waals surface area contributed by atoms with E-state index in [2.05, 4.69) is 5.32 Å². The van der Waals surface area contributed by atoms with Crippen molar-refractivity contribution in [3.63, 3.8) is 0 Å². The van der Waals surface area contributed by atoms with Gasteiger partial charge in [0, 0.05) is 18.7 Å². The van der Waals surface area contributed by atoms with Gasteiger partial charge in [-0.05, 0) is 12.5 Å². The number of amides is 2. The maximum Gasteiger partial charge on any atom is 0.323 e. The minimum Gasteiger partial charge on any atom is -0.480 e. The van der Waals surface area contributed by atoms with Crippen LogP contribution in [0.25, 0.3) is 0 Å². The number of nitrogens with zero attached hydrogens (tertiary/aromatic N) is 1. The van der Waals surface area contributed by atoms with Gasteiger partial charge in [0.15, 0.2) is 0 Å². The van der Waals surface area contributed by atoms with Gasteiger partial charge in [0.05, 0.1) is 0 Å². The van der Waals surface area contributed by atoms with Crippen LogP contribution in [0.3, 0.4) is 0 Å². The van der Waals surface area contributed by atoms with Crippen LogP contribution in [0.4, 0.5) is 9.18 Å². The van der Waals surface area contributed by atoms with Crippen molar-refractivity contribution in [1.29, 1.82) is 0 Å². The first kappa shape index (κ1) is 14.9. The van der Waals surface area contributed by atoms with Crippen LogP contribution in [0.1, 0.15) is 18.9 Å². The number of benzene rings is 1. The highest BCUT2D eigenvalue weighted by Crippen LogP contribution is 2.05. The lowest BCUT2D eigenvalue weighted by Crippen LogP contribution is -2.42. The van der Waals surface area contributed by atoms with Crippen molar-refractivity contribution in [2.24, 2.45) is 0 Å². The Kier molecular flexibility index (Phi) is 5.78. The number of carboxylic acid groups (broad SMARTS) is 1. The van der Waals surface area contributed by atoms with Crippen LogP contribution < -0.4 is 5.32 Å². The molecule has 5 nitrogen and oxygen atoms in total. The molecule has 0 aromatic heterocycles. The summed E-state index contributed by atoms with van der Waals surface area (Å²) in [4.78, 5) is 23.6. The number of carboxylic acids is 1. The highest BCUT2D eigenvalue weighted by molar-refractivity contribution is 5.80. The first-order chi connectivity index (χ1) is 9.04. The van der Waals surface area contributed by atoms with Crippen LogP contribution in [0.15, 0.2) is 24.3 Å². The predicted octanol–water partition coefficient (Wildman–Crippen LogP) is 1.83. The molecule has 0 aliphatic heterocycles. The molecule has 1 aromatic carbocycles. The summed E-state index contributed by atoms with van der Waals surface area (Å²) in [6.45, 7) is 1.86. The number of halogens is 1. The fourth-order valence-electron chi connectivity index (χ4n) is 1.61. The molecule has 1 aromatic rings. The zero-order valence-corrected chi connectivity index (χ0v) is 10.7. The molecule has 0 atom stereocenters. The first-order valence-corrected chi connectivity index (χ1v) is 6.02. The average molecular weight is 268 g/mol. The summed E-state index contributed by atoms with van der Waals surface area (Å²) >= 11 is 0. The number of nitrogens with one attached hydrogen (secondary N) is 1. The number of aliphatic carboxylic acids is 1. The van der Waals surface area contributed by atoms with Crippen LogP contribution in [0, 0.1) is 5.82 Å². The molecule has 1 rings (SSSR count). The lowest BCUT2D eigenvalue weighted by Gasteiger charge is -2.20. The molecule has 0 saturated heterocycles. The van der Waals surface area contributed by atoms with E-state index in [4.69, 9.17) is 5.11 Å². The van der Waals surface area contributed by atoms with Crippen molar-refractivity contribution in [1.82, 2.24) is 10.2 Å². The fourth-order valence-corrected chi connectivity index (χ4v) is 1.61. The zero-order valence-electron chi connectivity index (χ0n) is 10.7. The standard InChI is InChI=1S/C13H17FN2O3/c1-2-7-16(9-12(17)18)13(19)15-8-10-5-3-4-6-11(10)14/h3-6H,2,7-9H2,1H3,(H,15,19)(H,17,18). The molecule has 0 bridgehead atoms. The fraction of sp³-hybridized carbons (Fsp3) is 0.385. The Morgan fingerprint density at radius 3 is 2.63 bits per heavy atom. The smallest absolute Gasteiger partial charge is 0.323 e. The van der Waals surface area contributed by atoms with Crippen molar-refractivity contribution >= 4 is 12.0 Å². The van der Waals surface area contributed by atoms with Gasteiger partial charge >= 0.3 is 12.0 Å². The van der Waals surface area contributed by atoms with E-state index in [1.54, 1.807) is 18.2 Å². The Morgan fingerprint density at radius 2 is 2.05 bits per heavy atom. The molecule has 0 aliphatic carbocycles. The maximum absolute atomic E-state index is 13.3. The van der Waals surface area contributed by atoms with Gasteiger partial charge in [0.1, 0.15) is 12.4 Å². The van der Waals surface area contributed by atoms with Gasteiger partial charge in [-0.3, -0.25) is 4.79 Å². The third kappa shape index (κ3) is 4.95. The van der Waals surface area contributed by atoms with E-state index < -0.39 is 17.8 Å². The van der Waals surface area contributed by atoms with E-state index in [9.17, 15) is 14.0 Å². The van der Waals surface area contributed by atoms with Crippen molar-refractivity contribution in [2.75, 3.05) is 13.1 Å². The lowest BCUT2D eigenvalue weighted by atomic mass is 10.2. The van der Waals surface area contributed by atoms with Crippen molar-refractivity contribution in [3.8, 4) is 0 Å². The van der Waals surface area contributed by atoms with Crippen molar-refractivity contribution < 1.29 is 19.1 Å². The molecule has 0 aliphatic rings. The van der Waals surface area contributed by atoms with Crippen LogP contribution in [0.5, 0.6) is 0 Å². The normalized spacial score (nSPS) is 10.0. The molecule has 0 unspecified atom stereocenters. The van der Waals surface area contributed by atoms with E-state index in [1.165, 1.54) is 11.0 Å². The molecule has 104 valence electrons. The molecule has 0 fully saturated rings. The van der Waals surface area contributed by atoms with Crippen molar-refractivity contribution in [3.05, 3.63) is 35.6 Å². The monoisotopic (exact) mass is 268 g/mol. The number of hydrogen-bond donors (Lipinski definition) is 2. The summed E-state index contributed by atoms with van der Waals surface area (Å²) in [5.41, 5.74) is 0.364. The molecule has 6 heteroatoms. The van der Waals surface area contributed by atoms with Gasteiger partial charge in [0.25, 0.3) is 0 Å². The minimum atomic E-state index is -1.07. The summed E-state index contributed by atoms with van der Waals surface area (Å²) in [7, 11) is 0. The summed E-state index contributed by atoms with van der Waals surface area (Å²) in [6.07, 6.45) is 0.653. The Morgan fingerprint density at radius 1 is 1.37 bits per heavy atom. The zero-order chi connectivity index (χ0) is 14.3. The average Bonchev–Trinajstić information content (AvgIpc) is 2.36. The number of rotatable bonds is 6. The van der Waals surface area contributed by atoms with Gasteiger partial charge < -0.3 is 15.3 Å². The number of hydrogen-bond acceptors (Lipinski definition) is 2. The quantitative estimate of drug-likeness (QED) is 0.827. The Hall–Kier alpha value is -2.11. The Balaban J connectivity index is 2.57. The molecule has 0 radical (unpaired) electrons. The third-order valence-corrected chi connectivity index (χ3v) is 2.49. The van der Waals surface area contributed by atoms with Crippen LogP contribution in [0.2, 0.25) is 0 Å². The van der Waals surface area contributed by atoms with Crippen LogP contribution in [-0.2, 0) is 11.3 Å². The third-order valence-electron chi connectivity index (χ3n) is 2.49. The number of urea groups is 1. The predicted molar refractivity (Wildman–Crippen MR) is 68.1 cm³/mol. The minimum absolute atomic E-state index is 0.0331. The van der Waals surface area contributed by atoms with Gasteiger partial charge in [-0.1, -0.05) is 25.1 Å². The topological polar surface area (TPSA) is 69.6 Å². The second kappa shape index (κ2) is 7.35. The molecular formula is C13H17FN2O3. The molecule has 0 heterocycles. The number of carbonyl (C=O) groups excluding carboxylic acids is 1. The molecule has 19 heavy (non-hydrogen) atoms. The van der Waals surface area contributed by atoms with Crippen molar-refractivity contribution in [2.45, 2.75) is 19.9 Å². The largest absolute Gasteiger partial charge is 0.480 e. The summed E-state index contributed by atoms with van der Waals surface area (Å²) in [6, 6.07) is 5.60. The molecule has 0 spiro atoms. The molecular weight excluding hydrogens is 251 g/mol. The highest BCUT2D eigenvalue weighted by Gasteiger charge is 2.15. The SMILES string of the molecule is CCCN(CC(=O)O)C(=O)NCc1ccccc1F. The Bertz CT molecular complexity index is 451. The van der Waals surface area contributed by atoms with Crippen LogP contribution >= 0.6 is 0 Å². The van der Waals surface area contributed by atoms with E-state index in [1.807, 2.05) is 6.92 Å². The van der Waals surface area contributed by atoms with Gasteiger partial charge in [-0.2, -0.15) is 0 Å². The molecule has 2 amide bonds. The van der Waals surface area contributed by atoms with Gasteiger partial charge in [-0.25, -0.2) is 9.18 Å². The summed E-state index contributed by atoms with van der Waals surface area (Å²) in [5.74, 6) is -1.47. The summed E-state index contributed by atoms with van der Waals surface area (Å²) < 4.78 is 13.3. The highest BCUT2D eigenvalue weighted by atomic mass is 19.1. The van der Waals surface area contributed by atoms with E-state index in [0.29, 0.717) is 18.5 Å². The summed E-state index contributed by atoms with van der Waals surface area (Å²) in [5, 5.41) is 11.2. The molecule has 2 N–H and O–H groups in total.